The van der Waals surface area contributed by atoms with Crippen molar-refractivity contribution in [2.45, 2.75) is 64.0 Å². The number of aryl methyl sites for hydroxylation is 1. The third kappa shape index (κ3) is 7.83. The van der Waals surface area contributed by atoms with E-state index in [0.29, 0.717) is 30.3 Å². The van der Waals surface area contributed by atoms with Crippen LogP contribution in [0.4, 0.5) is 4.79 Å². The van der Waals surface area contributed by atoms with Crippen molar-refractivity contribution in [3.63, 3.8) is 0 Å². The van der Waals surface area contributed by atoms with Crippen molar-refractivity contribution in [1.82, 2.24) is 5.32 Å². The predicted octanol–water partition coefficient (Wildman–Crippen LogP) is 4.32. The lowest BCUT2D eigenvalue weighted by Gasteiger charge is -2.30. The Balaban J connectivity index is 1.24. The molecule has 2 aromatic carbocycles. The number of carbonyl (C=O) groups excluding carboxylic acids is 4. The number of benzene rings is 2. The Morgan fingerprint density at radius 2 is 1.71 bits per heavy atom. The fourth-order valence-corrected chi connectivity index (χ4v) is 5.01. The molecule has 2 atom stereocenters. The molecule has 1 aliphatic carbocycles. The molecule has 0 bridgehead atoms. The number of rotatable bonds is 14. The molecule has 1 aliphatic heterocycles. The van der Waals surface area contributed by atoms with Crippen molar-refractivity contribution in [2.24, 2.45) is 11.7 Å². The van der Waals surface area contributed by atoms with Gasteiger partial charge in [0.25, 0.3) is 0 Å². The number of esters is 2. The quantitative estimate of drug-likeness (QED) is 0.143. The van der Waals surface area contributed by atoms with Gasteiger partial charge in [0.1, 0.15) is 5.75 Å². The van der Waals surface area contributed by atoms with Crippen molar-refractivity contribution in [3.8, 4) is 5.75 Å². The molecule has 10 nitrogen and oxygen atoms in total. The molecule has 2 aliphatic rings. The van der Waals surface area contributed by atoms with E-state index in [9.17, 15) is 19.2 Å². The van der Waals surface area contributed by atoms with E-state index in [1.54, 1.807) is 36.4 Å². The zero-order chi connectivity index (χ0) is 30.1. The topological polar surface area (TPSA) is 153 Å². The number of allylic oxidation sites excluding steroid dienone is 1. The molecule has 10 heteroatoms. The SMILES string of the molecule is CC(=O)C(OC(=O)OCOC(=O)CCC(=O)Oc1ccc(C)c(/C(=C\C2CCC2)CCN)c1)(c1ccccc1)C1CN1. The van der Waals surface area contributed by atoms with E-state index in [-0.39, 0.29) is 18.6 Å². The van der Waals surface area contributed by atoms with Crippen LogP contribution in [0.3, 0.4) is 0 Å². The summed E-state index contributed by atoms with van der Waals surface area (Å²) in [6, 6.07) is 13.7. The number of ketones is 1. The molecular weight excluding hydrogens is 540 g/mol. The zero-order valence-corrected chi connectivity index (χ0v) is 24.1. The van der Waals surface area contributed by atoms with Crippen molar-refractivity contribution in [1.29, 1.82) is 0 Å². The van der Waals surface area contributed by atoms with Gasteiger partial charge in [0, 0.05) is 12.1 Å². The first kappa shape index (κ1) is 30.9. The van der Waals surface area contributed by atoms with Crippen LogP contribution in [0.1, 0.15) is 62.1 Å². The Kier molecular flexibility index (Phi) is 10.5. The zero-order valence-electron chi connectivity index (χ0n) is 24.1. The summed E-state index contributed by atoms with van der Waals surface area (Å²) in [7, 11) is 0. The van der Waals surface area contributed by atoms with Crippen LogP contribution in [0.15, 0.2) is 54.6 Å². The molecule has 0 radical (unpaired) electrons. The maximum Gasteiger partial charge on any atom is 0.512 e. The summed E-state index contributed by atoms with van der Waals surface area (Å²) in [5.74, 6) is -0.792. The summed E-state index contributed by atoms with van der Waals surface area (Å²) < 4.78 is 20.8. The summed E-state index contributed by atoms with van der Waals surface area (Å²) in [4.78, 5) is 49.6. The molecule has 2 aromatic rings. The van der Waals surface area contributed by atoms with Gasteiger partial charge >= 0.3 is 18.1 Å². The number of ether oxygens (including phenoxy) is 4. The summed E-state index contributed by atoms with van der Waals surface area (Å²) in [6.07, 6.45) is 4.94. The van der Waals surface area contributed by atoms with E-state index in [0.717, 1.165) is 23.1 Å². The average molecular weight is 579 g/mol. The Bertz CT molecular complexity index is 1320. The maximum atomic E-state index is 12.6. The number of nitrogens with two attached hydrogens (primary N) is 1. The summed E-state index contributed by atoms with van der Waals surface area (Å²) in [6.45, 7) is 3.62. The molecule has 1 heterocycles. The predicted molar refractivity (Wildman–Crippen MR) is 154 cm³/mol. The van der Waals surface area contributed by atoms with Crippen molar-refractivity contribution < 1.29 is 38.1 Å². The van der Waals surface area contributed by atoms with E-state index in [2.05, 4.69) is 11.4 Å². The standard InChI is InChI=1S/C32H38N2O8/c1-21-11-12-26(18-27(21)24(15-16-33)17-23-7-6-8-23)41-30(37)14-13-29(36)39-20-40-31(38)42-32(22(2)35,28-19-34-28)25-9-4-3-5-10-25/h3-5,9-12,17-18,23,28,34H,6-8,13-16,19-20,33H2,1-2H3/b24-17-. The average Bonchev–Trinajstić information content (AvgIpc) is 3.79. The first-order valence-corrected chi connectivity index (χ1v) is 14.3. The molecule has 4 rings (SSSR count). The van der Waals surface area contributed by atoms with Gasteiger partial charge in [-0.2, -0.15) is 0 Å². The normalized spacial score (nSPS) is 17.8. The Morgan fingerprint density at radius 3 is 2.33 bits per heavy atom. The van der Waals surface area contributed by atoms with Crippen molar-refractivity contribution in [2.75, 3.05) is 19.9 Å². The minimum Gasteiger partial charge on any atom is -0.428 e. The Hall–Kier alpha value is -4.02. The van der Waals surface area contributed by atoms with Crippen LogP contribution in [-0.2, 0) is 34.2 Å². The third-order valence-electron chi connectivity index (χ3n) is 7.59. The number of hydrogen-bond donors (Lipinski definition) is 2. The second-order valence-electron chi connectivity index (χ2n) is 10.6. The lowest BCUT2D eigenvalue weighted by molar-refractivity contribution is -0.159. The van der Waals surface area contributed by atoms with E-state index in [1.807, 2.05) is 19.1 Å². The van der Waals surface area contributed by atoms with E-state index < -0.39 is 36.5 Å². The van der Waals surface area contributed by atoms with Gasteiger partial charge in [0.2, 0.25) is 12.4 Å². The van der Waals surface area contributed by atoms with E-state index >= 15 is 0 Å². The van der Waals surface area contributed by atoms with Gasteiger partial charge in [-0.1, -0.05) is 48.9 Å². The van der Waals surface area contributed by atoms with Gasteiger partial charge in [-0.25, -0.2) is 4.79 Å². The molecule has 1 saturated heterocycles. The Morgan fingerprint density at radius 1 is 1.00 bits per heavy atom. The first-order valence-electron chi connectivity index (χ1n) is 14.3. The summed E-state index contributed by atoms with van der Waals surface area (Å²) >= 11 is 0. The number of hydrogen-bond acceptors (Lipinski definition) is 10. The molecule has 1 saturated carbocycles. The summed E-state index contributed by atoms with van der Waals surface area (Å²) in [5.41, 5.74) is 8.01. The number of nitrogens with one attached hydrogen (secondary N) is 1. The lowest BCUT2D eigenvalue weighted by Crippen LogP contribution is -2.45. The Labute approximate surface area is 245 Å². The third-order valence-corrected chi connectivity index (χ3v) is 7.59. The number of carbonyl (C=O) groups is 4. The van der Waals surface area contributed by atoms with Crippen LogP contribution in [-0.4, -0.2) is 49.8 Å². The van der Waals surface area contributed by atoms with E-state index in [1.165, 1.54) is 26.2 Å². The maximum absolute atomic E-state index is 12.6. The first-order chi connectivity index (χ1) is 20.2. The van der Waals surface area contributed by atoms with Crippen LogP contribution >= 0.6 is 0 Å². The molecule has 3 N–H and O–H groups in total. The molecule has 0 aromatic heterocycles. The van der Waals surface area contributed by atoms with Crippen LogP contribution in [0, 0.1) is 12.8 Å². The molecular formula is C32H38N2O8. The molecule has 2 unspecified atom stereocenters. The lowest BCUT2D eigenvalue weighted by atomic mass is 9.82. The van der Waals surface area contributed by atoms with Gasteiger partial charge in [-0.15, -0.1) is 0 Å². The van der Waals surface area contributed by atoms with Crippen LogP contribution < -0.4 is 15.8 Å². The fraction of sp³-hybridized carbons (Fsp3) is 0.438. The van der Waals surface area contributed by atoms with Crippen LogP contribution in [0.25, 0.3) is 5.57 Å². The van der Waals surface area contributed by atoms with Crippen LogP contribution in [0.2, 0.25) is 0 Å². The second-order valence-corrected chi connectivity index (χ2v) is 10.6. The smallest absolute Gasteiger partial charge is 0.428 e. The minimum atomic E-state index is -1.56. The number of Topliss-reactive ketones (excluding diaryl/α,β-unsaturated/α-hetero) is 1. The molecule has 0 amide bonds. The van der Waals surface area contributed by atoms with Gasteiger partial charge in [-0.05, 0) is 74.4 Å². The van der Waals surface area contributed by atoms with Gasteiger partial charge in [0.05, 0.1) is 18.9 Å². The minimum absolute atomic E-state index is 0.227. The highest BCUT2D eigenvalue weighted by atomic mass is 16.8. The summed E-state index contributed by atoms with van der Waals surface area (Å²) in [5, 5.41) is 3.02. The van der Waals surface area contributed by atoms with Crippen molar-refractivity contribution in [3.05, 3.63) is 71.3 Å². The van der Waals surface area contributed by atoms with Crippen molar-refractivity contribution >= 4 is 29.5 Å². The highest BCUT2D eigenvalue weighted by molar-refractivity contribution is 5.90. The monoisotopic (exact) mass is 578 g/mol. The highest BCUT2D eigenvalue weighted by Gasteiger charge is 2.54. The van der Waals surface area contributed by atoms with Gasteiger partial charge in [0.15, 0.2) is 5.78 Å². The highest BCUT2D eigenvalue weighted by Crippen LogP contribution is 2.36. The van der Waals surface area contributed by atoms with Gasteiger partial charge in [-0.3, -0.25) is 14.4 Å². The molecule has 2 fully saturated rings. The molecule has 224 valence electrons. The second kappa shape index (κ2) is 14.2. The van der Waals surface area contributed by atoms with E-state index in [4.69, 9.17) is 24.7 Å². The molecule has 42 heavy (non-hydrogen) atoms. The largest absolute Gasteiger partial charge is 0.512 e. The fourth-order valence-electron chi connectivity index (χ4n) is 5.01. The molecule has 0 spiro atoms. The van der Waals surface area contributed by atoms with Gasteiger partial charge < -0.3 is 30.0 Å². The van der Waals surface area contributed by atoms with Crippen LogP contribution in [0.5, 0.6) is 5.75 Å².